The molecule has 0 bridgehead atoms. The second-order valence-corrected chi connectivity index (χ2v) is 9.06. The van der Waals surface area contributed by atoms with Crippen LogP contribution in [-0.2, 0) is 20.7 Å². The van der Waals surface area contributed by atoms with Crippen LogP contribution in [0, 0.1) is 13.8 Å². The van der Waals surface area contributed by atoms with Gasteiger partial charge in [-0.3, -0.25) is 4.79 Å². The first-order valence-electron chi connectivity index (χ1n) is 10.6. The Morgan fingerprint density at radius 2 is 1.90 bits per heavy atom. The Kier molecular flexibility index (Phi) is 6.41. The predicted molar refractivity (Wildman–Crippen MR) is 121 cm³/mol. The van der Waals surface area contributed by atoms with Crippen LogP contribution in [0.5, 0.6) is 5.75 Å². The smallest absolute Gasteiger partial charge is 0.337 e. The number of carboxylic acids is 1. The Hall–Kier alpha value is -2.86. The van der Waals surface area contributed by atoms with Gasteiger partial charge in [-0.05, 0) is 93.5 Å². The highest BCUT2D eigenvalue weighted by atomic mass is 16.5. The van der Waals surface area contributed by atoms with Gasteiger partial charge in [-0.15, -0.1) is 0 Å². The molecular weight excluding hydrogens is 394 g/mol. The lowest BCUT2D eigenvalue weighted by Crippen LogP contribution is -2.28. The van der Waals surface area contributed by atoms with Crippen LogP contribution >= 0.6 is 0 Å². The van der Waals surface area contributed by atoms with Gasteiger partial charge in [-0.25, -0.2) is 4.79 Å². The minimum atomic E-state index is -1.19. The molecule has 1 amide bonds. The van der Waals surface area contributed by atoms with Gasteiger partial charge < -0.3 is 19.9 Å². The van der Waals surface area contributed by atoms with Gasteiger partial charge in [0, 0.05) is 18.2 Å². The third-order valence-corrected chi connectivity index (χ3v) is 5.30. The van der Waals surface area contributed by atoms with Crippen LogP contribution in [0.15, 0.2) is 24.3 Å². The van der Waals surface area contributed by atoms with Crippen LogP contribution in [0.2, 0.25) is 0 Å². The first-order chi connectivity index (χ1) is 14.5. The maximum absolute atomic E-state index is 12.4. The maximum Gasteiger partial charge on any atom is 0.337 e. The average molecular weight is 426 g/mol. The summed E-state index contributed by atoms with van der Waals surface area (Å²) < 4.78 is 11.8. The summed E-state index contributed by atoms with van der Waals surface area (Å²) in [6, 6.07) is 7.88. The molecule has 6 nitrogen and oxygen atoms in total. The molecule has 0 radical (unpaired) electrons. The third kappa shape index (κ3) is 5.07. The first kappa shape index (κ1) is 22.8. The number of carboxylic acid groups (broad SMARTS) is 1. The summed E-state index contributed by atoms with van der Waals surface area (Å²) in [6.07, 6.45) is 0.685. The number of aliphatic carboxylic acids is 1. The Balaban J connectivity index is 2.28. The number of hydrogen-bond acceptors (Lipinski definition) is 4. The van der Waals surface area contributed by atoms with E-state index in [-0.39, 0.29) is 5.91 Å². The van der Waals surface area contributed by atoms with E-state index in [1.54, 1.807) is 0 Å². The van der Waals surface area contributed by atoms with Crippen molar-refractivity contribution in [1.29, 1.82) is 0 Å². The molecule has 0 fully saturated rings. The van der Waals surface area contributed by atoms with Crippen LogP contribution < -0.4 is 10.1 Å². The lowest BCUT2D eigenvalue weighted by molar-refractivity contribution is -0.160. The molecule has 3 rings (SSSR count). The Morgan fingerprint density at radius 1 is 1.19 bits per heavy atom. The summed E-state index contributed by atoms with van der Waals surface area (Å²) in [5.74, 6) is -0.405. The summed E-state index contributed by atoms with van der Waals surface area (Å²) in [4.78, 5) is 24.1. The van der Waals surface area contributed by atoms with Crippen molar-refractivity contribution < 1.29 is 24.2 Å². The highest BCUT2D eigenvalue weighted by Gasteiger charge is 2.32. The fraction of sp³-hybridized carbons (Fsp3) is 0.440. The monoisotopic (exact) mass is 425 g/mol. The van der Waals surface area contributed by atoms with Crippen molar-refractivity contribution in [2.75, 3.05) is 11.9 Å². The molecule has 0 saturated carbocycles. The second kappa shape index (κ2) is 8.71. The van der Waals surface area contributed by atoms with Crippen molar-refractivity contribution in [3.63, 3.8) is 0 Å². The van der Waals surface area contributed by atoms with Gasteiger partial charge in [0.2, 0.25) is 5.91 Å². The molecule has 1 unspecified atom stereocenters. The molecule has 1 aliphatic heterocycles. The Bertz CT molecular complexity index is 1020. The SMILES string of the molecule is CC(=O)Nc1cc(C)c(-c2ccc3c(c2)CCCO3)c(C(OC(C)(C)C)C(=O)O)c1C. The number of carbonyl (C=O) groups excluding carboxylic acids is 1. The minimum Gasteiger partial charge on any atom is -0.493 e. The van der Waals surface area contributed by atoms with Crippen molar-refractivity contribution in [3.05, 3.63) is 46.5 Å². The van der Waals surface area contributed by atoms with E-state index in [4.69, 9.17) is 9.47 Å². The lowest BCUT2D eigenvalue weighted by atomic mass is 9.86. The number of hydrogen-bond donors (Lipinski definition) is 2. The molecular formula is C25H31NO5. The summed E-state index contributed by atoms with van der Waals surface area (Å²) in [5.41, 5.74) is 4.87. The Labute approximate surface area is 183 Å². The zero-order chi connectivity index (χ0) is 22.9. The number of benzene rings is 2. The van der Waals surface area contributed by atoms with Crippen LogP contribution in [0.1, 0.15) is 62.5 Å². The van der Waals surface area contributed by atoms with Crippen LogP contribution in [0.25, 0.3) is 11.1 Å². The summed E-state index contributed by atoms with van der Waals surface area (Å²) >= 11 is 0. The van der Waals surface area contributed by atoms with Crippen molar-refractivity contribution in [2.45, 2.75) is 66.1 Å². The van der Waals surface area contributed by atoms with E-state index >= 15 is 0 Å². The Morgan fingerprint density at radius 3 is 2.52 bits per heavy atom. The van der Waals surface area contributed by atoms with Gasteiger partial charge in [0.15, 0.2) is 6.10 Å². The number of nitrogens with one attached hydrogen (secondary N) is 1. The molecule has 0 saturated heterocycles. The number of ether oxygens (including phenoxy) is 2. The van der Waals surface area contributed by atoms with Crippen LogP contribution in [0.3, 0.4) is 0 Å². The van der Waals surface area contributed by atoms with E-state index in [0.717, 1.165) is 40.8 Å². The maximum atomic E-state index is 12.4. The molecule has 0 aliphatic carbocycles. The predicted octanol–water partition coefficient (Wildman–Crippen LogP) is 5.19. The molecule has 6 heteroatoms. The van der Waals surface area contributed by atoms with Crippen molar-refractivity contribution in [1.82, 2.24) is 0 Å². The highest BCUT2D eigenvalue weighted by Crippen LogP contribution is 2.42. The molecule has 2 aromatic rings. The van der Waals surface area contributed by atoms with E-state index in [1.807, 2.05) is 52.8 Å². The molecule has 0 aromatic heterocycles. The van der Waals surface area contributed by atoms with Gasteiger partial charge in [0.25, 0.3) is 0 Å². The van der Waals surface area contributed by atoms with E-state index in [9.17, 15) is 14.7 Å². The molecule has 1 heterocycles. The van der Waals surface area contributed by atoms with E-state index in [0.29, 0.717) is 23.4 Å². The van der Waals surface area contributed by atoms with Gasteiger partial charge in [-0.1, -0.05) is 6.07 Å². The normalized spacial score (nSPS) is 14.4. The first-order valence-corrected chi connectivity index (χ1v) is 10.6. The van der Waals surface area contributed by atoms with Gasteiger partial charge in [0.05, 0.1) is 12.2 Å². The number of fused-ring (bicyclic) bond motifs is 1. The van der Waals surface area contributed by atoms with Crippen molar-refractivity contribution >= 4 is 17.6 Å². The molecule has 2 N–H and O–H groups in total. The topological polar surface area (TPSA) is 84.9 Å². The van der Waals surface area contributed by atoms with E-state index in [2.05, 4.69) is 11.4 Å². The number of carbonyl (C=O) groups is 2. The van der Waals surface area contributed by atoms with Gasteiger partial charge >= 0.3 is 5.97 Å². The van der Waals surface area contributed by atoms with Crippen molar-refractivity contribution in [2.24, 2.45) is 0 Å². The minimum absolute atomic E-state index is 0.212. The molecule has 1 aliphatic rings. The molecule has 1 atom stereocenters. The lowest BCUT2D eigenvalue weighted by Gasteiger charge is -2.30. The molecule has 31 heavy (non-hydrogen) atoms. The van der Waals surface area contributed by atoms with E-state index < -0.39 is 17.7 Å². The highest BCUT2D eigenvalue weighted by molar-refractivity contribution is 5.92. The van der Waals surface area contributed by atoms with Crippen LogP contribution in [0.4, 0.5) is 5.69 Å². The van der Waals surface area contributed by atoms with Gasteiger partial charge in [-0.2, -0.15) is 0 Å². The fourth-order valence-electron chi connectivity index (χ4n) is 4.07. The zero-order valence-corrected chi connectivity index (χ0v) is 19.1. The summed E-state index contributed by atoms with van der Waals surface area (Å²) in [7, 11) is 0. The van der Waals surface area contributed by atoms with Crippen LogP contribution in [-0.4, -0.2) is 29.2 Å². The molecule has 166 valence electrons. The number of aryl methyl sites for hydroxylation is 2. The fourth-order valence-corrected chi connectivity index (χ4v) is 4.07. The zero-order valence-electron chi connectivity index (χ0n) is 19.1. The summed E-state index contributed by atoms with van der Waals surface area (Å²) in [6.45, 7) is 11.4. The third-order valence-electron chi connectivity index (χ3n) is 5.30. The van der Waals surface area contributed by atoms with Gasteiger partial charge in [0.1, 0.15) is 5.75 Å². The largest absolute Gasteiger partial charge is 0.493 e. The second-order valence-electron chi connectivity index (χ2n) is 9.06. The number of amides is 1. The van der Waals surface area contributed by atoms with Crippen molar-refractivity contribution in [3.8, 4) is 16.9 Å². The molecule has 0 spiro atoms. The average Bonchev–Trinajstić information content (AvgIpc) is 2.67. The number of rotatable bonds is 5. The standard InChI is InChI=1S/C25H31NO5/c1-14-12-19(26-16(3)27)15(2)22(23(24(28)29)31-25(4,5)6)21(14)18-9-10-20-17(13-18)8-7-11-30-20/h9-10,12-13,23H,7-8,11H2,1-6H3,(H,26,27)(H,28,29). The van der Waals surface area contributed by atoms with E-state index in [1.165, 1.54) is 6.92 Å². The molecule has 2 aromatic carbocycles. The number of anilines is 1. The quantitative estimate of drug-likeness (QED) is 0.688. The summed E-state index contributed by atoms with van der Waals surface area (Å²) in [5, 5.41) is 12.9.